The van der Waals surface area contributed by atoms with Gasteiger partial charge in [-0.15, -0.1) is 11.3 Å². The molecule has 0 amide bonds. The Balaban J connectivity index is 1.14. The quantitative estimate of drug-likeness (QED) is 0.192. The molecule has 216 valence electrons. The molecule has 0 unspecified atom stereocenters. The predicted molar refractivity (Wildman–Crippen MR) is 180 cm³/mol. The van der Waals surface area contributed by atoms with Crippen LogP contribution in [0, 0.1) is 0 Å². The fourth-order valence-electron chi connectivity index (χ4n) is 6.59. The third-order valence-electron chi connectivity index (χ3n) is 8.68. The zero-order valence-electron chi connectivity index (χ0n) is 23.9. The highest BCUT2D eigenvalue weighted by Gasteiger charge is 2.36. The molecule has 0 N–H and O–H groups in total. The van der Waals surface area contributed by atoms with Crippen molar-refractivity contribution in [2.24, 2.45) is 0 Å². The van der Waals surface area contributed by atoms with Gasteiger partial charge in [0.05, 0.1) is 11.4 Å². The Bertz CT molecular complexity index is 2670. The third kappa shape index (κ3) is 3.36. The highest BCUT2D eigenvalue weighted by Crippen LogP contribution is 2.61. The van der Waals surface area contributed by atoms with Gasteiger partial charge >= 0.3 is 0 Å². The summed E-state index contributed by atoms with van der Waals surface area (Å²) in [5, 5.41) is 2.38. The molecule has 3 aromatic heterocycles. The first-order valence-electron chi connectivity index (χ1n) is 14.9. The number of aromatic nitrogens is 2. The summed E-state index contributed by atoms with van der Waals surface area (Å²) in [4.78, 5) is 11.7. The Morgan fingerprint density at radius 2 is 1.13 bits per heavy atom. The van der Waals surface area contributed by atoms with Gasteiger partial charge in [-0.2, -0.15) is 0 Å². The highest BCUT2D eigenvalue weighted by atomic mass is 32.1. The Labute approximate surface area is 264 Å². The summed E-state index contributed by atoms with van der Waals surface area (Å²) in [6.07, 6.45) is 0. The summed E-state index contributed by atoms with van der Waals surface area (Å²) >= 11 is 1.78. The molecule has 0 atom stereocenters. The number of thiophene rings is 1. The van der Waals surface area contributed by atoms with E-state index in [-0.39, 0.29) is 0 Å². The second kappa shape index (κ2) is 8.74. The molecule has 11 rings (SSSR count). The van der Waals surface area contributed by atoms with Gasteiger partial charge in [-0.3, -0.25) is 4.90 Å². The molecule has 0 radical (unpaired) electrons. The molecule has 46 heavy (non-hydrogen) atoms. The number of oxazole rings is 2. The third-order valence-corrected chi connectivity index (χ3v) is 9.82. The second-order valence-electron chi connectivity index (χ2n) is 11.4. The van der Waals surface area contributed by atoms with E-state index in [0.717, 1.165) is 61.5 Å². The lowest BCUT2D eigenvalue weighted by molar-refractivity contribution is 0.446. The molecule has 0 saturated heterocycles. The molecular formula is C38H19N3O4S. The molecule has 0 aliphatic carbocycles. The first kappa shape index (κ1) is 24.2. The van der Waals surface area contributed by atoms with Crippen LogP contribution in [0.1, 0.15) is 0 Å². The van der Waals surface area contributed by atoms with E-state index in [0.29, 0.717) is 29.0 Å². The predicted octanol–water partition coefficient (Wildman–Crippen LogP) is 11.4. The smallest absolute Gasteiger partial charge is 0.227 e. The highest BCUT2D eigenvalue weighted by molar-refractivity contribution is 7.25. The van der Waals surface area contributed by atoms with E-state index in [1.54, 1.807) is 11.3 Å². The Hall–Kier alpha value is -6.12. The van der Waals surface area contributed by atoms with Crippen molar-refractivity contribution in [2.45, 2.75) is 0 Å². The van der Waals surface area contributed by atoms with Crippen molar-refractivity contribution in [2.75, 3.05) is 4.90 Å². The lowest BCUT2D eigenvalue weighted by atomic mass is 10.0. The minimum absolute atomic E-state index is 0.495. The summed E-state index contributed by atoms with van der Waals surface area (Å²) < 4.78 is 28.1. The molecular weight excluding hydrogens is 595 g/mol. The monoisotopic (exact) mass is 613 g/mol. The van der Waals surface area contributed by atoms with Gasteiger partial charge in [0.15, 0.2) is 34.2 Å². The van der Waals surface area contributed by atoms with Crippen LogP contribution in [0.4, 0.5) is 17.1 Å². The molecule has 2 aliphatic heterocycles. The molecule has 0 spiro atoms. The first-order chi connectivity index (χ1) is 22.7. The zero-order valence-corrected chi connectivity index (χ0v) is 24.7. The standard InChI is InChI=1S/C38H19N3O4S/c1-6-12-34-22(7-1)23-18-31-27(19-35(23)46-34)41-26-14-13-20(37-39-24-8-2-4-10-28(24)44-37)15-30(26)42-32-16-21(17-33(43-31)36(32)41)38-40-25-9-3-5-11-29(25)45-38/h1-19H. The van der Waals surface area contributed by atoms with Crippen molar-refractivity contribution in [3.05, 3.63) is 115 Å². The molecule has 9 aromatic rings. The second-order valence-corrected chi connectivity index (χ2v) is 12.5. The van der Waals surface area contributed by atoms with Gasteiger partial charge in [-0.25, -0.2) is 9.97 Å². The maximum atomic E-state index is 6.72. The van der Waals surface area contributed by atoms with Crippen molar-refractivity contribution in [1.82, 2.24) is 9.97 Å². The maximum absolute atomic E-state index is 6.72. The van der Waals surface area contributed by atoms with Crippen molar-refractivity contribution in [3.8, 4) is 45.9 Å². The van der Waals surface area contributed by atoms with E-state index in [4.69, 9.17) is 28.3 Å². The van der Waals surface area contributed by atoms with Crippen LogP contribution in [-0.2, 0) is 0 Å². The van der Waals surface area contributed by atoms with E-state index in [1.807, 2.05) is 72.8 Å². The van der Waals surface area contributed by atoms with E-state index in [1.165, 1.54) is 14.8 Å². The molecule has 0 saturated carbocycles. The largest absolute Gasteiger partial charge is 0.453 e. The molecule has 8 heteroatoms. The number of nitrogens with zero attached hydrogens (tertiary/aromatic N) is 3. The van der Waals surface area contributed by atoms with Gasteiger partial charge in [-0.05, 0) is 72.8 Å². The molecule has 7 nitrogen and oxygen atoms in total. The molecule has 2 aliphatic rings. The van der Waals surface area contributed by atoms with Crippen molar-refractivity contribution >= 4 is 70.8 Å². The number of anilines is 3. The minimum Gasteiger partial charge on any atom is -0.453 e. The number of para-hydroxylation sites is 4. The summed E-state index contributed by atoms with van der Waals surface area (Å²) in [5.74, 6) is 3.77. The van der Waals surface area contributed by atoms with Gasteiger partial charge in [0, 0.05) is 31.3 Å². The zero-order chi connectivity index (χ0) is 29.9. The van der Waals surface area contributed by atoms with Gasteiger partial charge in [0.1, 0.15) is 16.7 Å². The van der Waals surface area contributed by atoms with Crippen LogP contribution in [0.5, 0.6) is 23.0 Å². The Kier molecular flexibility index (Phi) is 4.61. The minimum atomic E-state index is 0.495. The van der Waals surface area contributed by atoms with Gasteiger partial charge in [0.2, 0.25) is 11.8 Å². The number of hydrogen-bond donors (Lipinski definition) is 0. The van der Waals surface area contributed by atoms with E-state index < -0.39 is 0 Å². The van der Waals surface area contributed by atoms with Crippen LogP contribution in [0.25, 0.3) is 65.3 Å². The topological polar surface area (TPSA) is 73.8 Å². The fraction of sp³-hybridized carbons (Fsp3) is 0. The number of fused-ring (bicyclic) bond motifs is 9. The molecule has 0 bridgehead atoms. The van der Waals surface area contributed by atoms with Gasteiger partial charge in [-0.1, -0.05) is 42.5 Å². The van der Waals surface area contributed by atoms with Crippen LogP contribution in [0.3, 0.4) is 0 Å². The first-order valence-corrected chi connectivity index (χ1v) is 15.7. The number of rotatable bonds is 2. The van der Waals surface area contributed by atoms with Crippen LogP contribution >= 0.6 is 11.3 Å². The molecule has 0 fully saturated rings. The number of hydrogen-bond acceptors (Lipinski definition) is 8. The average molecular weight is 614 g/mol. The van der Waals surface area contributed by atoms with E-state index in [9.17, 15) is 0 Å². The van der Waals surface area contributed by atoms with E-state index in [2.05, 4.69) is 47.4 Å². The van der Waals surface area contributed by atoms with Crippen molar-refractivity contribution in [3.63, 3.8) is 0 Å². The van der Waals surface area contributed by atoms with Crippen LogP contribution < -0.4 is 14.4 Å². The van der Waals surface area contributed by atoms with Gasteiger partial charge in [0.25, 0.3) is 0 Å². The average Bonchev–Trinajstić information content (AvgIpc) is 3.82. The van der Waals surface area contributed by atoms with Gasteiger partial charge < -0.3 is 18.3 Å². The van der Waals surface area contributed by atoms with Crippen molar-refractivity contribution < 1.29 is 18.3 Å². The number of benzene rings is 6. The van der Waals surface area contributed by atoms with E-state index >= 15 is 0 Å². The Morgan fingerprint density at radius 3 is 1.87 bits per heavy atom. The summed E-state index contributed by atoms with van der Waals surface area (Å²) in [6, 6.07) is 38.4. The normalized spacial score (nSPS) is 13.1. The molecule has 6 aromatic carbocycles. The Morgan fingerprint density at radius 1 is 0.500 bits per heavy atom. The van der Waals surface area contributed by atoms with Crippen LogP contribution in [0.15, 0.2) is 124 Å². The number of ether oxygens (including phenoxy) is 2. The summed E-state index contributed by atoms with van der Waals surface area (Å²) in [5.41, 5.74) is 7.31. The summed E-state index contributed by atoms with van der Waals surface area (Å²) in [6.45, 7) is 0. The molecule has 5 heterocycles. The lowest BCUT2D eigenvalue weighted by Crippen LogP contribution is -2.20. The SMILES string of the molecule is c1ccc2oc(-c3ccc4c(c3)Oc3cc(-c5nc6ccccc6o5)cc5c3N4c3cc4sc6ccccc6c4cc3O5)nc2c1. The fourth-order valence-corrected chi connectivity index (χ4v) is 7.71. The lowest BCUT2D eigenvalue weighted by Gasteiger charge is -2.38. The van der Waals surface area contributed by atoms with Crippen LogP contribution in [-0.4, -0.2) is 9.97 Å². The maximum Gasteiger partial charge on any atom is 0.227 e. The van der Waals surface area contributed by atoms with Crippen molar-refractivity contribution in [1.29, 1.82) is 0 Å². The van der Waals surface area contributed by atoms with Crippen LogP contribution in [0.2, 0.25) is 0 Å². The summed E-state index contributed by atoms with van der Waals surface area (Å²) in [7, 11) is 0.